The molecule has 218 valence electrons. The third-order valence-electron chi connectivity index (χ3n) is 8.46. The van der Waals surface area contributed by atoms with Gasteiger partial charge in [0.2, 0.25) is 0 Å². The summed E-state index contributed by atoms with van der Waals surface area (Å²) < 4.78 is 14.3. The van der Waals surface area contributed by atoms with Gasteiger partial charge in [-0.3, -0.25) is 0 Å². The number of furan rings is 2. The zero-order valence-corrected chi connectivity index (χ0v) is 24.7. The van der Waals surface area contributed by atoms with Crippen LogP contribution in [0.3, 0.4) is 0 Å². The summed E-state index contributed by atoms with van der Waals surface area (Å²) in [5.41, 5.74) is 9.88. The first-order valence-electron chi connectivity index (χ1n) is 15.3. The van der Waals surface area contributed by atoms with Crippen LogP contribution in [-0.2, 0) is 0 Å². The fourth-order valence-electron chi connectivity index (χ4n) is 6.10. The van der Waals surface area contributed by atoms with Gasteiger partial charge in [-0.15, -0.1) is 0 Å². The van der Waals surface area contributed by atoms with E-state index in [1.807, 2.05) is 65.2 Å². The van der Waals surface area contributed by atoms with Gasteiger partial charge in [0, 0.05) is 56.9 Å². The first-order valence-corrected chi connectivity index (χ1v) is 15.3. The van der Waals surface area contributed by atoms with Crippen molar-refractivity contribution in [3.05, 3.63) is 164 Å². The van der Waals surface area contributed by atoms with E-state index in [4.69, 9.17) is 13.8 Å². The monoisotopic (exact) mass is 593 g/mol. The molecule has 0 N–H and O–H groups in total. The van der Waals surface area contributed by atoms with Crippen molar-refractivity contribution >= 4 is 44.6 Å². The average Bonchev–Trinajstić information content (AvgIpc) is 3.86. The number of rotatable bonds is 6. The number of nitrogens with zero attached hydrogens (tertiary/aromatic N) is 3. The topological polar surface area (TPSA) is 46.8 Å². The van der Waals surface area contributed by atoms with Crippen LogP contribution in [0.1, 0.15) is 0 Å². The second-order valence-electron chi connectivity index (χ2n) is 11.4. The zero-order chi connectivity index (χ0) is 30.5. The van der Waals surface area contributed by atoms with Crippen molar-refractivity contribution in [2.45, 2.75) is 0 Å². The quantitative estimate of drug-likeness (QED) is 0.192. The maximum Gasteiger partial charge on any atom is 0.137 e. The Morgan fingerprint density at radius 1 is 0.478 bits per heavy atom. The lowest BCUT2D eigenvalue weighted by atomic mass is 10.1. The average molecular weight is 594 g/mol. The van der Waals surface area contributed by atoms with Gasteiger partial charge in [0.15, 0.2) is 0 Å². The summed E-state index contributed by atoms with van der Waals surface area (Å²) >= 11 is 0. The van der Waals surface area contributed by atoms with Gasteiger partial charge in [0.05, 0.1) is 5.69 Å². The predicted molar refractivity (Wildman–Crippen MR) is 186 cm³/mol. The summed E-state index contributed by atoms with van der Waals surface area (Å²) in [6.07, 6.45) is 4.08. The van der Waals surface area contributed by atoms with Crippen LogP contribution >= 0.6 is 0 Å². The lowest BCUT2D eigenvalue weighted by Crippen LogP contribution is -2.09. The summed E-state index contributed by atoms with van der Waals surface area (Å²) in [6.45, 7) is 0. The Labute approximate surface area is 265 Å². The van der Waals surface area contributed by atoms with Crippen LogP contribution in [0, 0.1) is 0 Å². The van der Waals surface area contributed by atoms with Crippen LogP contribution in [0.2, 0.25) is 0 Å². The molecule has 0 aliphatic rings. The number of fused-ring (bicyclic) bond motifs is 3. The van der Waals surface area contributed by atoms with E-state index in [-0.39, 0.29) is 0 Å². The van der Waals surface area contributed by atoms with Gasteiger partial charge in [-0.05, 0) is 97.1 Å². The van der Waals surface area contributed by atoms with Crippen molar-refractivity contribution in [2.75, 3.05) is 4.90 Å². The van der Waals surface area contributed by atoms with E-state index in [2.05, 4.69) is 108 Å². The van der Waals surface area contributed by atoms with Crippen LogP contribution < -0.4 is 4.90 Å². The Bertz CT molecular complexity index is 2090. The van der Waals surface area contributed by atoms with Crippen molar-refractivity contribution in [1.82, 2.24) is 9.38 Å². The van der Waals surface area contributed by atoms with E-state index in [1.54, 1.807) is 0 Å². The maximum atomic E-state index is 6.15. The van der Waals surface area contributed by atoms with Gasteiger partial charge in [0.25, 0.3) is 0 Å². The lowest BCUT2D eigenvalue weighted by Gasteiger charge is -2.26. The Morgan fingerprint density at radius 2 is 0.957 bits per heavy atom. The standard InChI is InChI=1S/C41H27N3O2/c1-3-9-37-31(7-1)25-39(45-37)29-14-20-34(21-15-29)44(33-18-12-28(13-19-33)36-27-43-24-6-5-11-41(43)42-36)35-22-16-30(17-23-35)40-26-32-8-2-4-10-38(32)46-40/h1-27H. The van der Waals surface area contributed by atoms with Crippen LogP contribution in [0.25, 0.3) is 61.5 Å². The highest BCUT2D eigenvalue weighted by molar-refractivity contribution is 5.86. The smallest absolute Gasteiger partial charge is 0.137 e. The summed E-state index contributed by atoms with van der Waals surface area (Å²) in [7, 11) is 0. The first kappa shape index (κ1) is 26.1. The molecule has 0 atom stereocenters. The molecule has 0 spiro atoms. The number of imidazole rings is 1. The first-order chi connectivity index (χ1) is 22.7. The highest BCUT2D eigenvalue weighted by Crippen LogP contribution is 2.38. The lowest BCUT2D eigenvalue weighted by molar-refractivity contribution is 0.631. The molecule has 0 aliphatic carbocycles. The number of para-hydroxylation sites is 2. The van der Waals surface area contributed by atoms with Gasteiger partial charge in [0.1, 0.15) is 28.3 Å². The molecule has 5 nitrogen and oxygen atoms in total. The molecule has 0 saturated carbocycles. The molecule has 5 heteroatoms. The maximum absolute atomic E-state index is 6.15. The molecular formula is C41H27N3O2. The molecule has 4 heterocycles. The molecule has 9 aromatic rings. The second kappa shape index (κ2) is 10.7. The number of hydrogen-bond acceptors (Lipinski definition) is 4. The number of anilines is 3. The Hall–Kier alpha value is -6.33. The summed E-state index contributed by atoms with van der Waals surface area (Å²) in [6, 6.07) is 52.1. The van der Waals surface area contributed by atoms with Gasteiger partial charge < -0.3 is 18.1 Å². The van der Waals surface area contributed by atoms with Gasteiger partial charge >= 0.3 is 0 Å². The van der Waals surface area contributed by atoms with Crippen molar-refractivity contribution in [3.63, 3.8) is 0 Å². The summed E-state index contributed by atoms with van der Waals surface area (Å²) in [4.78, 5) is 7.08. The van der Waals surface area contributed by atoms with Crippen LogP contribution in [-0.4, -0.2) is 9.38 Å². The Kier molecular flexibility index (Phi) is 6.06. The number of pyridine rings is 1. The van der Waals surface area contributed by atoms with Gasteiger partial charge in [-0.1, -0.05) is 54.6 Å². The zero-order valence-electron chi connectivity index (χ0n) is 24.7. The third-order valence-corrected chi connectivity index (χ3v) is 8.46. The minimum atomic E-state index is 0.853. The molecule has 0 unspecified atom stereocenters. The van der Waals surface area contributed by atoms with Crippen molar-refractivity contribution in [2.24, 2.45) is 0 Å². The number of hydrogen-bond donors (Lipinski definition) is 0. The Balaban J connectivity index is 1.09. The summed E-state index contributed by atoms with van der Waals surface area (Å²) in [5.74, 6) is 1.71. The minimum Gasteiger partial charge on any atom is -0.456 e. The van der Waals surface area contributed by atoms with Crippen LogP contribution in [0.5, 0.6) is 0 Å². The molecule has 9 rings (SSSR count). The van der Waals surface area contributed by atoms with Crippen molar-refractivity contribution < 1.29 is 8.83 Å². The fraction of sp³-hybridized carbons (Fsp3) is 0. The second-order valence-corrected chi connectivity index (χ2v) is 11.4. The molecule has 0 saturated heterocycles. The molecule has 5 aromatic carbocycles. The largest absolute Gasteiger partial charge is 0.456 e. The van der Waals surface area contributed by atoms with Gasteiger partial charge in [-0.25, -0.2) is 4.98 Å². The highest BCUT2D eigenvalue weighted by atomic mass is 16.3. The van der Waals surface area contributed by atoms with E-state index in [1.165, 1.54) is 0 Å². The molecule has 4 aromatic heterocycles. The van der Waals surface area contributed by atoms with Crippen molar-refractivity contribution in [3.8, 4) is 33.9 Å². The molecule has 0 bridgehead atoms. The minimum absolute atomic E-state index is 0.853. The van der Waals surface area contributed by atoms with Crippen molar-refractivity contribution in [1.29, 1.82) is 0 Å². The van der Waals surface area contributed by atoms with Gasteiger partial charge in [-0.2, -0.15) is 0 Å². The predicted octanol–water partition coefficient (Wildman–Crippen LogP) is 11.3. The van der Waals surface area contributed by atoms with E-state index in [0.29, 0.717) is 0 Å². The molecule has 0 aliphatic heterocycles. The molecule has 0 fully saturated rings. The van der Waals surface area contributed by atoms with Crippen LogP contribution in [0.4, 0.5) is 17.1 Å². The third kappa shape index (κ3) is 4.62. The Morgan fingerprint density at radius 3 is 1.46 bits per heavy atom. The fourth-order valence-corrected chi connectivity index (χ4v) is 6.10. The van der Waals surface area contributed by atoms with E-state index in [0.717, 1.165) is 78.6 Å². The molecule has 0 radical (unpaired) electrons. The molecule has 0 amide bonds. The summed E-state index contributed by atoms with van der Waals surface area (Å²) in [5, 5.41) is 2.19. The molecule has 46 heavy (non-hydrogen) atoms. The van der Waals surface area contributed by atoms with Crippen LogP contribution in [0.15, 0.2) is 173 Å². The van der Waals surface area contributed by atoms with E-state index >= 15 is 0 Å². The van der Waals surface area contributed by atoms with E-state index < -0.39 is 0 Å². The number of aromatic nitrogens is 2. The SMILES string of the molecule is c1ccc2oc(-c3ccc(N(c4ccc(-c5cn6ccccc6n5)cc4)c4ccc(-c5cc6ccccc6o5)cc4)cc3)cc2c1. The normalized spacial score (nSPS) is 11.5. The molecular weight excluding hydrogens is 566 g/mol. The number of benzene rings is 5. The highest BCUT2D eigenvalue weighted by Gasteiger charge is 2.16. The van der Waals surface area contributed by atoms with E-state index in [9.17, 15) is 0 Å².